The first-order chi connectivity index (χ1) is 7.27. The second-order valence-corrected chi connectivity index (χ2v) is 3.35. The summed E-state index contributed by atoms with van der Waals surface area (Å²) in [6.45, 7) is 2.42. The summed E-state index contributed by atoms with van der Waals surface area (Å²) in [7, 11) is 0. The SMILES string of the molecule is CCC(NC(=O)CCN)c1ccncc1. The molecular weight excluding hydrogens is 190 g/mol. The van der Waals surface area contributed by atoms with Crippen LogP contribution in [0.1, 0.15) is 31.4 Å². The van der Waals surface area contributed by atoms with Gasteiger partial charge in [0.1, 0.15) is 0 Å². The Balaban J connectivity index is 2.61. The normalized spacial score (nSPS) is 12.1. The van der Waals surface area contributed by atoms with Gasteiger partial charge in [0.05, 0.1) is 6.04 Å². The molecule has 0 saturated carbocycles. The van der Waals surface area contributed by atoms with Crippen molar-refractivity contribution >= 4 is 5.91 Å². The minimum absolute atomic E-state index is 0.00108. The predicted octanol–water partition coefficient (Wildman–Crippen LogP) is 0.998. The quantitative estimate of drug-likeness (QED) is 0.756. The van der Waals surface area contributed by atoms with Crippen molar-refractivity contribution < 1.29 is 4.79 Å². The number of aromatic nitrogens is 1. The van der Waals surface area contributed by atoms with E-state index < -0.39 is 0 Å². The highest BCUT2D eigenvalue weighted by Gasteiger charge is 2.11. The topological polar surface area (TPSA) is 68.0 Å². The first-order valence-corrected chi connectivity index (χ1v) is 5.17. The molecule has 0 aliphatic carbocycles. The van der Waals surface area contributed by atoms with Crippen LogP contribution in [0.15, 0.2) is 24.5 Å². The zero-order chi connectivity index (χ0) is 11.1. The molecule has 0 radical (unpaired) electrons. The predicted molar refractivity (Wildman–Crippen MR) is 59.1 cm³/mol. The molecule has 1 aromatic heterocycles. The Morgan fingerprint density at radius 3 is 2.73 bits per heavy atom. The van der Waals surface area contributed by atoms with Crippen LogP contribution in [0.2, 0.25) is 0 Å². The van der Waals surface area contributed by atoms with Crippen molar-refractivity contribution in [2.45, 2.75) is 25.8 Å². The maximum absolute atomic E-state index is 11.4. The molecule has 1 rings (SSSR count). The van der Waals surface area contributed by atoms with Crippen molar-refractivity contribution in [2.75, 3.05) is 6.54 Å². The highest BCUT2D eigenvalue weighted by molar-refractivity contribution is 5.76. The van der Waals surface area contributed by atoms with Gasteiger partial charge in [0, 0.05) is 25.4 Å². The van der Waals surface area contributed by atoms with Crippen LogP contribution < -0.4 is 11.1 Å². The Morgan fingerprint density at radius 2 is 2.20 bits per heavy atom. The Morgan fingerprint density at radius 1 is 1.53 bits per heavy atom. The Hall–Kier alpha value is -1.42. The molecule has 4 nitrogen and oxygen atoms in total. The number of nitrogens with one attached hydrogen (secondary N) is 1. The minimum Gasteiger partial charge on any atom is -0.349 e. The van der Waals surface area contributed by atoms with Gasteiger partial charge in [-0.15, -0.1) is 0 Å². The third-order valence-electron chi connectivity index (χ3n) is 2.22. The van der Waals surface area contributed by atoms with Gasteiger partial charge in [-0.1, -0.05) is 6.92 Å². The van der Waals surface area contributed by atoms with Gasteiger partial charge in [-0.2, -0.15) is 0 Å². The molecule has 0 spiro atoms. The van der Waals surface area contributed by atoms with Crippen molar-refractivity contribution in [1.82, 2.24) is 10.3 Å². The molecule has 0 aliphatic heterocycles. The van der Waals surface area contributed by atoms with E-state index in [2.05, 4.69) is 10.3 Å². The van der Waals surface area contributed by atoms with Gasteiger partial charge >= 0.3 is 0 Å². The zero-order valence-electron chi connectivity index (χ0n) is 8.94. The van der Waals surface area contributed by atoms with Crippen molar-refractivity contribution in [3.63, 3.8) is 0 Å². The van der Waals surface area contributed by atoms with Crippen LogP contribution >= 0.6 is 0 Å². The van der Waals surface area contributed by atoms with Crippen molar-refractivity contribution in [2.24, 2.45) is 5.73 Å². The van der Waals surface area contributed by atoms with E-state index in [4.69, 9.17) is 5.73 Å². The summed E-state index contributed by atoms with van der Waals surface area (Å²) < 4.78 is 0. The molecule has 1 unspecified atom stereocenters. The summed E-state index contributed by atoms with van der Waals surface area (Å²) in [6, 6.07) is 3.89. The molecule has 0 saturated heterocycles. The van der Waals surface area contributed by atoms with Gasteiger partial charge in [0.2, 0.25) is 5.91 Å². The standard InChI is InChI=1S/C11H17N3O/c1-2-10(14-11(15)3-6-12)9-4-7-13-8-5-9/h4-5,7-8,10H,2-3,6,12H2,1H3,(H,14,15). The molecule has 0 aliphatic rings. The van der Waals surface area contributed by atoms with Gasteiger partial charge in [0.15, 0.2) is 0 Å². The molecular formula is C11H17N3O. The fraction of sp³-hybridized carbons (Fsp3) is 0.455. The third kappa shape index (κ3) is 3.67. The monoisotopic (exact) mass is 207 g/mol. The maximum Gasteiger partial charge on any atom is 0.221 e. The van der Waals surface area contributed by atoms with E-state index in [1.807, 2.05) is 19.1 Å². The van der Waals surface area contributed by atoms with E-state index in [-0.39, 0.29) is 11.9 Å². The first-order valence-electron chi connectivity index (χ1n) is 5.17. The van der Waals surface area contributed by atoms with Crippen molar-refractivity contribution in [1.29, 1.82) is 0 Å². The number of hydrogen-bond acceptors (Lipinski definition) is 3. The molecule has 0 fully saturated rings. The van der Waals surface area contributed by atoms with Crippen molar-refractivity contribution in [3.05, 3.63) is 30.1 Å². The molecule has 1 amide bonds. The summed E-state index contributed by atoms with van der Waals surface area (Å²) in [5, 5.41) is 2.94. The second kappa shape index (κ2) is 6.14. The number of pyridine rings is 1. The third-order valence-corrected chi connectivity index (χ3v) is 2.22. The fourth-order valence-electron chi connectivity index (χ4n) is 1.41. The lowest BCUT2D eigenvalue weighted by Crippen LogP contribution is -2.29. The van der Waals surface area contributed by atoms with Crippen LogP contribution in [-0.4, -0.2) is 17.4 Å². The van der Waals surface area contributed by atoms with Crippen LogP contribution in [0.4, 0.5) is 0 Å². The molecule has 1 aromatic rings. The average Bonchev–Trinajstić information content (AvgIpc) is 2.27. The van der Waals surface area contributed by atoms with Crippen LogP contribution in [0.25, 0.3) is 0 Å². The Bertz CT molecular complexity index is 300. The highest BCUT2D eigenvalue weighted by Crippen LogP contribution is 2.14. The van der Waals surface area contributed by atoms with Crippen LogP contribution in [-0.2, 0) is 4.79 Å². The molecule has 82 valence electrons. The molecule has 1 atom stereocenters. The number of carbonyl (C=O) groups excluding carboxylic acids is 1. The summed E-state index contributed by atoms with van der Waals surface area (Å²) >= 11 is 0. The minimum atomic E-state index is 0.00108. The first kappa shape index (κ1) is 11.7. The molecule has 15 heavy (non-hydrogen) atoms. The number of nitrogens with zero attached hydrogens (tertiary/aromatic N) is 1. The number of rotatable bonds is 5. The lowest BCUT2D eigenvalue weighted by atomic mass is 10.1. The lowest BCUT2D eigenvalue weighted by Gasteiger charge is -2.16. The van der Waals surface area contributed by atoms with E-state index in [0.717, 1.165) is 12.0 Å². The van der Waals surface area contributed by atoms with Crippen LogP contribution in [0.5, 0.6) is 0 Å². The van der Waals surface area contributed by atoms with Gasteiger partial charge < -0.3 is 11.1 Å². The molecule has 3 N–H and O–H groups in total. The van der Waals surface area contributed by atoms with Gasteiger partial charge in [-0.25, -0.2) is 0 Å². The Kier molecular flexibility index (Phi) is 4.77. The fourth-order valence-corrected chi connectivity index (χ4v) is 1.41. The number of hydrogen-bond donors (Lipinski definition) is 2. The van der Waals surface area contributed by atoms with E-state index in [1.165, 1.54) is 0 Å². The lowest BCUT2D eigenvalue weighted by molar-refractivity contribution is -0.121. The second-order valence-electron chi connectivity index (χ2n) is 3.35. The molecule has 0 bridgehead atoms. The average molecular weight is 207 g/mol. The Labute approximate surface area is 89.9 Å². The van der Waals surface area contributed by atoms with Crippen molar-refractivity contribution in [3.8, 4) is 0 Å². The molecule has 1 heterocycles. The maximum atomic E-state index is 11.4. The smallest absolute Gasteiger partial charge is 0.221 e. The van der Waals surface area contributed by atoms with Crippen LogP contribution in [0.3, 0.4) is 0 Å². The largest absolute Gasteiger partial charge is 0.349 e. The summed E-state index contributed by atoms with van der Waals surface area (Å²) in [6.07, 6.45) is 4.70. The number of amides is 1. The molecule has 4 heteroatoms. The zero-order valence-corrected chi connectivity index (χ0v) is 8.94. The van der Waals surface area contributed by atoms with E-state index in [0.29, 0.717) is 13.0 Å². The van der Waals surface area contributed by atoms with E-state index in [1.54, 1.807) is 12.4 Å². The molecule has 0 aromatic carbocycles. The van der Waals surface area contributed by atoms with Gasteiger partial charge in [-0.05, 0) is 24.1 Å². The summed E-state index contributed by atoms with van der Waals surface area (Å²) in [4.78, 5) is 15.3. The van der Waals surface area contributed by atoms with Gasteiger partial charge in [0.25, 0.3) is 0 Å². The summed E-state index contributed by atoms with van der Waals surface area (Å²) in [5.74, 6) is 0.00108. The van der Waals surface area contributed by atoms with Gasteiger partial charge in [-0.3, -0.25) is 9.78 Å². The van der Waals surface area contributed by atoms with E-state index in [9.17, 15) is 4.79 Å². The summed E-state index contributed by atoms with van der Waals surface area (Å²) in [5.41, 5.74) is 6.40. The van der Waals surface area contributed by atoms with Crippen LogP contribution in [0, 0.1) is 0 Å². The number of nitrogens with two attached hydrogens (primary N) is 1. The number of carbonyl (C=O) groups is 1. The highest BCUT2D eigenvalue weighted by atomic mass is 16.1. The van der Waals surface area contributed by atoms with E-state index >= 15 is 0 Å².